The number of fused-ring (bicyclic) bond motifs is 1. The lowest BCUT2D eigenvalue weighted by molar-refractivity contribution is 0.587. The number of H-pyrrole nitrogens is 1. The zero-order chi connectivity index (χ0) is 18.8. The van der Waals surface area contributed by atoms with Crippen LogP contribution in [0.4, 0.5) is 5.95 Å². The Morgan fingerprint density at radius 1 is 1.22 bits per heavy atom. The van der Waals surface area contributed by atoms with Gasteiger partial charge in [-0.05, 0) is 55.5 Å². The van der Waals surface area contributed by atoms with Crippen molar-refractivity contribution in [2.75, 3.05) is 5.32 Å². The molecule has 0 fully saturated rings. The number of nitrogens with one attached hydrogen (secondary N) is 2. The number of anilines is 1. The molecular formula is C21H24N6. The minimum Gasteiger partial charge on any atom is -0.361 e. The molecule has 0 saturated heterocycles. The normalized spacial score (nSPS) is 12.4. The number of rotatable bonds is 6. The van der Waals surface area contributed by atoms with Crippen LogP contribution in [0.25, 0.3) is 22.2 Å². The van der Waals surface area contributed by atoms with E-state index in [1.54, 1.807) is 6.20 Å². The van der Waals surface area contributed by atoms with Crippen LogP contribution >= 0.6 is 0 Å². The van der Waals surface area contributed by atoms with Crippen molar-refractivity contribution in [2.24, 2.45) is 0 Å². The Kier molecular flexibility index (Phi) is 4.62. The highest BCUT2D eigenvalue weighted by atomic mass is 15.3. The van der Waals surface area contributed by atoms with Crippen molar-refractivity contribution >= 4 is 16.9 Å². The average Bonchev–Trinajstić information content (AvgIpc) is 3.28. The van der Waals surface area contributed by atoms with E-state index in [-0.39, 0.29) is 6.04 Å². The minimum atomic E-state index is 0.100. The highest BCUT2D eigenvalue weighted by molar-refractivity contribution is 5.80. The van der Waals surface area contributed by atoms with Gasteiger partial charge in [0.1, 0.15) is 0 Å². The predicted octanol–water partition coefficient (Wildman–Crippen LogP) is 4.71. The molecule has 138 valence electrons. The highest BCUT2D eigenvalue weighted by Crippen LogP contribution is 2.24. The average molecular weight is 360 g/mol. The second kappa shape index (κ2) is 7.23. The third kappa shape index (κ3) is 3.43. The fraction of sp³-hybridized carbons (Fsp3) is 0.286. The molecule has 1 atom stereocenters. The van der Waals surface area contributed by atoms with E-state index in [0.29, 0.717) is 5.95 Å². The standard InChI is InChI=1S/C21H24N6/c1-4-11-27-15(3)18(13-24-27)20-8-10-23-21(26-20)25-14(2)16-5-6-19-17(12-16)7-9-22-19/h5-10,12-14,22H,4,11H2,1-3H3,(H,23,25,26)/t14-/m0/s1. The Balaban J connectivity index is 1.57. The van der Waals surface area contributed by atoms with Gasteiger partial charge in [0.25, 0.3) is 0 Å². The zero-order valence-corrected chi connectivity index (χ0v) is 15.9. The smallest absolute Gasteiger partial charge is 0.223 e. The third-order valence-electron chi connectivity index (χ3n) is 4.89. The first-order chi connectivity index (χ1) is 13.2. The summed E-state index contributed by atoms with van der Waals surface area (Å²) < 4.78 is 2.03. The minimum absolute atomic E-state index is 0.100. The molecule has 6 nitrogen and oxygen atoms in total. The molecule has 2 N–H and O–H groups in total. The molecule has 0 unspecified atom stereocenters. The van der Waals surface area contributed by atoms with Gasteiger partial charge in [0.05, 0.1) is 17.9 Å². The SMILES string of the molecule is CCCn1ncc(-c2ccnc(N[C@@H](C)c3ccc4[nH]ccc4c3)n2)c1C. The van der Waals surface area contributed by atoms with Crippen molar-refractivity contribution < 1.29 is 0 Å². The quantitative estimate of drug-likeness (QED) is 0.522. The molecule has 0 amide bonds. The molecule has 0 spiro atoms. The Morgan fingerprint density at radius 3 is 2.96 bits per heavy atom. The summed E-state index contributed by atoms with van der Waals surface area (Å²) in [5, 5.41) is 9.10. The van der Waals surface area contributed by atoms with E-state index in [0.717, 1.165) is 35.4 Å². The number of aryl methyl sites for hydroxylation is 1. The number of hydrogen-bond donors (Lipinski definition) is 2. The van der Waals surface area contributed by atoms with Gasteiger partial charge in [-0.2, -0.15) is 5.10 Å². The highest BCUT2D eigenvalue weighted by Gasteiger charge is 2.12. The van der Waals surface area contributed by atoms with Gasteiger partial charge in [0, 0.05) is 35.7 Å². The summed E-state index contributed by atoms with van der Waals surface area (Å²) in [5.41, 5.74) is 5.41. The van der Waals surface area contributed by atoms with Gasteiger partial charge < -0.3 is 10.3 Å². The molecule has 1 aromatic carbocycles. The molecule has 3 heterocycles. The maximum Gasteiger partial charge on any atom is 0.223 e. The molecule has 0 aliphatic rings. The number of aromatic nitrogens is 5. The first-order valence-corrected chi connectivity index (χ1v) is 9.35. The molecule has 4 aromatic rings. The van der Waals surface area contributed by atoms with Crippen molar-refractivity contribution in [3.8, 4) is 11.3 Å². The summed E-state index contributed by atoms with van der Waals surface area (Å²) in [7, 11) is 0. The van der Waals surface area contributed by atoms with E-state index in [2.05, 4.69) is 65.4 Å². The molecule has 3 aromatic heterocycles. The van der Waals surface area contributed by atoms with Gasteiger partial charge in [0.2, 0.25) is 5.95 Å². The van der Waals surface area contributed by atoms with Crippen LogP contribution in [0.15, 0.2) is 48.9 Å². The van der Waals surface area contributed by atoms with Crippen LogP contribution in [0.3, 0.4) is 0 Å². The summed E-state index contributed by atoms with van der Waals surface area (Å²) in [6.07, 6.45) is 6.70. The van der Waals surface area contributed by atoms with Crippen LogP contribution in [-0.4, -0.2) is 24.7 Å². The van der Waals surface area contributed by atoms with Crippen LogP contribution in [-0.2, 0) is 6.54 Å². The van der Waals surface area contributed by atoms with Crippen molar-refractivity contribution in [1.29, 1.82) is 0 Å². The van der Waals surface area contributed by atoms with Gasteiger partial charge in [-0.25, -0.2) is 9.97 Å². The first kappa shape index (κ1) is 17.3. The van der Waals surface area contributed by atoms with E-state index in [1.807, 2.05) is 23.1 Å². The second-order valence-corrected chi connectivity index (χ2v) is 6.82. The lowest BCUT2D eigenvalue weighted by atomic mass is 10.1. The van der Waals surface area contributed by atoms with Gasteiger partial charge in [0.15, 0.2) is 0 Å². The van der Waals surface area contributed by atoms with Crippen LogP contribution in [0.5, 0.6) is 0 Å². The monoisotopic (exact) mass is 360 g/mol. The molecule has 0 radical (unpaired) electrons. The summed E-state index contributed by atoms with van der Waals surface area (Å²) in [4.78, 5) is 12.3. The van der Waals surface area contributed by atoms with E-state index < -0.39 is 0 Å². The zero-order valence-electron chi connectivity index (χ0n) is 15.9. The van der Waals surface area contributed by atoms with Gasteiger partial charge in [-0.1, -0.05) is 13.0 Å². The third-order valence-corrected chi connectivity index (χ3v) is 4.89. The van der Waals surface area contributed by atoms with Crippen LogP contribution < -0.4 is 5.32 Å². The van der Waals surface area contributed by atoms with Crippen molar-refractivity contribution in [3.05, 3.63) is 60.2 Å². The first-order valence-electron chi connectivity index (χ1n) is 9.35. The van der Waals surface area contributed by atoms with Crippen molar-refractivity contribution in [2.45, 2.75) is 39.8 Å². The molecule has 6 heteroatoms. The Hall–Kier alpha value is -3.15. The summed E-state index contributed by atoms with van der Waals surface area (Å²) in [5.74, 6) is 0.622. The van der Waals surface area contributed by atoms with Crippen molar-refractivity contribution in [3.63, 3.8) is 0 Å². The molecule has 0 bridgehead atoms. The van der Waals surface area contributed by atoms with Gasteiger partial charge in [-0.15, -0.1) is 0 Å². The fourth-order valence-corrected chi connectivity index (χ4v) is 3.33. The van der Waals surface area contributed by atoms with E-state index in [4.69, 9.17) is 4.98 Å². The Labute approximate surface area is 158 Å². The topological polar surface area (TPSA) is 71.4 Å². The molecule has 27 heavy (non-hydrogen) atoms. The molecule has 0 aliphatic carbocycles. The van der Waals surface area contributed by atoms with Gasteiger partial charge in [-0.3, -0.25) is 4.68 Å². The van der Waals surface area contributed by atoms with E-state index in [9.17, 15) is 0 Å². The number of nitrogens with zero attached hydrogens (tertiary/aromatic N) is 4. The maximum absolute atomic E-state index is 4.71. The maximum atomic E-state index is 4.71. The molecule has 0 aliphatic heterocycles. The lowest BCUT2D eigenvalue weighted by Crippen LogP contribution is -2.09. The van der Waals surface area contributed by atoms with Gasteiger partial charge >= 0.3 is 0 Å². The van der Waals surface area contributed by atoms with E-state index >= 15 is 0 Å². The molecular weight excluding hydrogens is 336 g/mol. The molecule has 0 saturated carbocycles. The second-order valence-electron chi connectivity index (χ2n) is 6.82. The van der Waals surface area contributed by atoms with Crippen LogP contribution in [0, 0.1) is 6.92 Å². The Morgan fingerprint density at radius 2 is 2.11 bits per heavy atom. The summed E-state index contributed by atoms with van der Waals surface area (Å²) in [6.45, 7) is 7.27. The summed E-state index contributed by atoms with van der Waals surface area (Å²) >= 11 is 0. The number of aromatic amines is 1. The summed E-state index contributed by atoms with van der Waals surface area (Å²) in [6, 6.07) is 10.5. The van der Waals surface area contributed by atoms with Crippen LogP contribution in [0.2, 0.25) is 0 Å². The van der Waals surface area contributed by atoms with E-state index in [1.165, 1.54) is 10.9 Å². The fourth-order valence-electron chi connectivity index (χ4n) is 3.33. The largest absolute Gasteiger partial charge is 0.361 e. The van der Waals surface area contributed by atoms with Crippen LogP contribution in [0.1, 0.15) is 37.6 Å². The van der Waals surface area contributed by atoms with Crippen molar-refractivity contribution in [1.82, 2.24) is 24.7 Å². The molecule has 4 rings (SSSR count). The Bertz CT molecular complexity index is 1060. The predicted molar refractivity (Wildman–Crippen MR) is 109 cm³/mol. The number of benzene rings is 1. The number of hydrogen-bond acceptors (Lipinski definition) is 4. The lowest BCUT2D eigenvalue weighted by Gasteiger charge is -2.15.